The number of aromatic hydroxyl groups is 1. The summed E-state index contributed by atoms with van der Waals surface area (Å²) in [6.07, 6.45) is 2.53. The van der Waals surface area contributed by atoms with Gasteiger partial charge in [-0.25, -0.2) is 0 Å². The number of hydrogen-bond acceptors (Lipinski definition) is 3. The highest BCUT2D eigenvalue weighted by Crippen LogP contribution is 2.25. The van der Waals surface area contributed by atoms with E-state index in [1.807, 2.05) is 35.2 Å². The van der Waals surface area contributed by atoms with E-state index in [1.165, 1.54) is 11.1 Å². The number of amides is 1. The number of aryl methyl sites for hydroxylation is 1. The molecule has 0 aliphatic carbocycles. The molecule has 4 nitrogen and oxygen atoms in total. The van der Waals surface area contributed by atoms with E-state index in [0.717, 1.165) is 30.5 Å². The van der Waals surface area contributed by atoms with Crippen LogP contribution in [0.25, 0.3) is 0 Å². The summed E-state index contributed by atoms with van der Waals surface area (Å²) >= 11 is 0. The topological polar surface area (TPSA) is 52.6 Å². The molecule has 1 aliphatic heterocycles. The first kappa shape index (κ1) is 20.0. The molecule has 3 aromatic carbocycles. The number of phenols is 1. The Bertz CT molecular complexity index is 1010. The van der Waals surface area contributed by atoms with E-state index in [4.69, 9.17) is 0 Å². The van der Waals surface area contributed by atoms with Crippen LogP contribution in [-0.4, -0.2) is 35.0 Å². The molecule has 0 saturated carbocycles. The molecule has 154 valence electrons. The van der Waals surface area contributed by atoms with Crippen molar-refractivity contribution in [3.63, 3.8) is 0 Å². The number of hydrogen-bond donors (Lipinski definition) is 2. The maximum Gasteiger partial charge on any atom is 0.257 e. The highest BCUT2D eigenvalue weighted by molar-refractivity contribution is 5.97. The third-order valence-corrected chi connectivity index (χ3v) is 5.71. The number of piperidine rings is 1. The monoisotopic (exact) mass is 400 g/mol. The molecule has 1 aliphatic rings. The van der Waals surface area contributed by atoms with Crippen molar-refractivity contribution in [2.24, 2.45) is 0 Å². The maximum absolute atomic E-state index is 13.1. The van der Waals surface area contributed by atoms with E-state index < -0.39 is 0 Å². The normalized spacial score (nSPS) is 14.5. The van der Waals surface area contributed by atoms with Crippen molar-refractivity contribution in [2.75, 3.05) is 18.4 Å². The molecule has 1 amide bonds. The van der Waals surface area contributed by atoms with Gasteiger partial charge in [0.2, 0.25) is 0 Å². The Hall–Kier alpha value is -3.27. The molecule has 3 aromatic rings. The van der Waals surface area contributed by atoms with E-state index in [-0.39, 0.29) is 11.7 Å². The van der Waals surface area contributed by atoms with Crippen LogP contribution in [0.1, 0.15) is 39.9 Å². The van der Waals surface area contributed by atoms with Crippen LogP contribution < -0.4 is 5.32 Å². The van der Waals surface area contributed by atoms with Gasteiger partial charge in [-0.15, -0.1) is 0 Å². The van der Waals surface area contributed by atoms with Gasteiger partial charge in [-0.1, -0.05) is 48.5 Å². The van der Waals surface area contributed by atoms with Gasteiger partial charge in [0, 0.05) is 24.8 Å². The van der Waals surface area contributed by atoms with Crippen LogP contribution in [0, 0.1) is 6.92 Å². The molecule has 0 aromatic heterocycles. The van der Waals surface area contributed by atoms with Gasteiger partial charge in [0.05, 0.1) is 5.56 Å². The van der Waals surface area contributed by atoms with E-state index in [2.05, 4.69) is 48.6 Å². The first-order valence-corrected chi connectivity index (χ1v) is 10.6. The van der Waals surface area contributed by atoms with Crippen LogP contribution in [0.15, 0.2) is 72.8 Å². The van der Waals surface area contributed by atoms with E-state index >= 15 is 0 Å². The molecule has 4 heteroatoms. The average Bonchev–Trinajstić information content (AvgIpc) is 2.76. The fourth-order valence-electron chi connectivity index (χ4n) is 4.06. The van der Waals surface area contributed by atoms with Crippen LogP contribution in [0.2, 0.25) is 0 Å². The lowest BCUT2D eigenvalue weighted by Gasteiger charge is -2.33. The Morgan fingerprint density at radius 3 is 2.47 bits per heavy atom. The van der Waals surface area contributed by atoms with Gasteiger partial charge >= 0.3 is 0 Å². The van der Waals surface area contributed by atoms with Crippen molar-refractivity contribution in [1.82, 2.24) is 4.90 Å². The van der Waals surface area contributed by atoms with Crippen LogP contribution in [0.5, 0.6) is 5.75 Å². The number of carbonyl (C=O) groups excluding carboxylic acids is 1. The van der Waals surface area contributed by atoms with E-state index in [1.54, 1.807) is 6.07 Å². The lowest BCUT2D eigenvalue weighted by molar-refractivity contribution is 0.0715. The molecule has 4 rings (SSSR count). The zero-order valence-electron chi connectivity index (χ0n) is 17.3. The SMILES string of the molecule is Cc1cccc(NC2CCN(C(=O)c3cc(Cc4ccccc4)ccc3O)CC2)c1. The minimum atomic E-state index is -0.0867. The molecule has 0 radical (unpaired) electrons. The second-order valence-corrected chi connectivity index (χ2v) is 8.09. The molecule has 0 unspecified atom stereocenters. The predicted octanol–water partition coefficient (Wildman–Crippen LogP) is 5.01. The van der Waals surface area contributed by atoms with Gasteiger partial charge in [-0.05, 0) is 67.1 Å². The van der Waals surface area contributed by atoms with Crippen molar-refractivity contribution in [2.45, 2.75) is 32.2 Å². The molecule has 1 fully saturated rings. The highest BCUT2D eigenvalue weighted by Gasteiger charge is 2.25. The summed E-state index contributed by atoms with van der Waals surface area (Å²) in [5, 5.41) is 13.9. The lowest BCUT2D eigenvalue weighted by atomic mass is 10.00. The van der Waals surface area contributed by atoms with Crippen molar-refractivity contribution >= 4 is 11.6 Å². The molecule has 2 N–H and O–H groups in total. The van der Waals surface area contributed by atoms with Gasteiger partial charge in [0.1, 0.15) is 5.75 Å². The molecule has 0 bridgehead atoms. The van der Waals surface area contributed by atoms with Crippen LogP contribution in [0.4, 0.5) is 5.69 Å². The highest BCUT2D eigenvalue weighted by atomic mass is 16.3. The number of likely N-dealkylation sites (tertiary alicyclic amines) is 1. The molecular formula is C26H28N2O2. The Morgan fingerprint density at radius 2 is 1.73 bits per heavy atom. The van der Waals surface area contributed by atoms with E-state index in [9.17, 15) is 9.90 Å². The summed E-state index contributed by atoms with van der Waals surface area (Å²) in [6.45, 7) is 3.46. The van der Waals surface area contributed by atoms with Crippen molar-refractivity contribution in [1.29, 1.82) is 0 Å². The van der Waals surface area contributed by atoms with Gasteiger partial charge in [0.15, 0.2) is 0 Å². The minimum absolute atomic E-state index is 0.0526. The van der Waals surface area contributed by atoms with Crippen molar-refractivity contribution in [3.05, 3.63) is 95.1 Å². The third-order valence-electron chi connectivity index (χ3n) is 5.71. The Balaban J connectivity index is 1.39. The van der Waals surface area contributed by atoms with E-state index in [0.29, 0.717) is 24.7 Å². The molecule has 30 heavy (non-hydrogen) atoms. The fraction of sp³-hybridized carbons (Fsp3) is 0.269. The Kier molecular flexibility index (Phi) is 6.03. The largest absolute Gasteiger partial charge is 0.507 e. The van der Waals surface area contributed by atoms with Crippen LogP contribution in [-0.2, 0) is 6.42 Å². The smallest absolute Gasteiger partial charge is 0.257 e. The summed E-state index contributed by atoms with van der Waals surface area (Å²) in [6, 6.07) is 24.2. The second-order valence-electron chi connectivity index (χ2n) is 8.09. The van der Waals surface area contributed by atoms with Crippen LogP contribution >= 0.6 is 0 Å². The molecule has 1 heterocycles. The fourth-order valence-corrected chi connectivity index (χ4v) is 4.06. The lowest BCUT2D eigenvalue weighted by Crippen LogP contribution is -2.42. The first-order valence-electron chi connectivity index (χ1n) is 10.6. The maximum atomic E-state index is 13.1. The number of nitrogens with one attached hydrogen (secondary N) is 1. The van der Waals surface area contributed by atoms with Gasteiger partial charge in [-0.2, -0.15) is 0 Å². The van der Waals surface area contributed by atoms with Crippen molar-refractivity contribution < 1.29 is 9.90 Å². The Morgan fingerprint density at radius 1 is 0.967 bits per heavy atom. The van der Waals surface area contributed by atoms with Crippen LogP contribution in [0.3, 0.4) is 0 Å². The minimum Gasteiger partial charge on any atom is -0.507 e. The summed E-state index contributed by atoms with van der Waals surface area (Å²) in [7, 11) is 0. The number of nitrogens with zero attached hydrogens (tertiary/aromatic N) is 1. The summed E-state index contributed by atoms with van der Waals surface area (Å²) < 4.78 is 0. The molecule has 0 atom stereocenters. The average molecular weight is 401 g/mol. The number of anilines is 1. The summed E-state index contributed by atoms with van der Waals surface area (Å²) in [4.78, 5) is 14.9. The molecular weight excluding hydrogens is 372 g/mol. The quantitative estimate of drug-likeness (QED) is 0.633. The zero-order valence-corrected chi connectivity index (χ0v) is 17.3. The summed E-state index contributed by atoms with van der Waals surface area (Å²) in [5.74, 6) is -0.0340. The second kappa shape index (κ2) is 9.04. The molecule has 1 saturated heterocycles. The predicted molar refractivity (Wildman–Crippen MR) is 121 cm³/mol. The van der Waals surface area contributed by atoms with Gasteiger partial charge in [-0.3, -0.25) is 4.79 Å². The molecule has 0 spiro atoms. The first-order chi connectivity index (χ1) is 14.6. The number of phenolic OH excluding ortho intramolecular Hbond substituents is 1. The van der Waals surface area contributed by atoms with Gasteiger partial charge in [0.25, 0.3) is 5.91 Å². The third kappa shape index (κ3) is 4.82. The van der Waals surface area contributed by atoms with Gasteiger partial charge < -0.3 is 15.3 Å². The summed E-state index contributed by atoms with van der Waals surface area (Å²) in [5.41, 5.74) is 4.97. The standard InChI is InChI=1S/C26H28N2O2/c1-19-6-5-9-23(16-19)27-22-12-14-28(15-13-22)26(30)24-18-21(10-11-25(24)29)17-20-7-3-2-4-8-20/h2-11,16,18,22,27,29H,12-15,17H2,1H3. The number of rotatable bonds is 5. The number of benzene rings is 3. The Labute approximate surface area is 178 Å². The number of carbonyl (C=O) groups is 1. The van der Waals surface area contributed by atoms with Crippen molar-refractivity contribution in [3.8, 4) is 5.75 Å². The zero-order chi connectivity index (χ0) is 20.9.